The first-order chi connectivity index (χ1) is 16.5. The molecule has 6 nitrogen and oxygen atoms in total. The van der Waals surface area contributed by atoms with Crippen LogP contribution in [0.2, 0.25) is 0 Å². The van der Waals surface area contributed by atoms with Gasteiger partial charge in [0.2, 0.25) is 0 Å². The minimum absolute atomic E-state index is 0.220. The topological polar surface area (TPSA) is 75.4 Å². The van der Waals surface area contributed by atoms with E-state index in [1.165, 1.54) is 17.4 Å². The number of furan rings is 1. The number of fused-ring (bicyclic) bond motifs is 1. The lowest BCUT2D eigenvalue weighted by atomic mass is 10.1. The molecular weight excluding hydrogens is 453 g/mol. The summed E-state index contributed by atoms with van der Waals surface area (Å²) < 4.78 is 19.9. The molecule has 174 valence electrons. The second kappa shape index (κ2) is 9.38. The van der Waals surface area contributed by atoms with Gasteiger partial charge in [-0.1, -0.05) is 24.3 Å². The maximum absolute atomic E-state index is 14.5. The third-order valence-corrected chi connectivity index (χ3v) is 6.93. The van der Waals surface area contributed by atoms with Gasteiger partial charge >= 0.3 is 0 Å². The molecule has 0 radical (unpaired) electrons. The molecule has 2 heterocycles. The van der Waals surface area contributed by atoms with Gasteiger partial charge in [0.15, 0.2) is 0 Å². The third-order valence-electron chi connectivity index (χ3n) is 5.93. The first kappa shape index (κ1) is 22.3. The van der Waals surface area contributed by atoms with Gasteiger partial charge in [-0.25, -0.2) is 9.37 Å². The number of benzene rings is 2. The Kier molecular flexibility index (Phi) is 6.15. The highest BCUT2D eigenvalue weighted by Gasteiger charge is 2.30. The van der Waals surface area contributed by atoms with Crippen LogP contribution in [0.3, 0.4) is 0 Å². The predicted molar refractivity (Wildman–Crippen MR) is 129 cm³/mol. The van der Waals surface area contributed by atoms with E-state index in [9.17, 15) is 14.0 Å². The molecule has 0 saturated heterocycles. The summed E-state index contributed by atoms with van der Waals surface area (Å²) in [5.74, 6) is -0.381. The molecule has 0 bridgehead atoms. The number of aryl methyl sites for hydroxylation is 1. The fraction of sp³-hybridized carbons (Fsp3) is 0.269. The molecule has 1 saturated carbocycles. The minimum atomic E-state index is -0.380. The Balaban J connectivity index is 1.33. The lowest BCUT2D eigenvalue weighted by Crippen LogP contribution is -2.40. The zero-order chi connectivity index (χ0) is 23.7. The van der Waals surface area contributed by atoms with E-state index in [0.717, 1.165) is 18.2 Å². The van der Waals surface area contributed by atoms with Crippen molar-refractivity contribution in [2.75, 3.05) is 19.6 Å². The summed E-state index contributed by atoms with van der Waals surface area (Å²) >= 11 is 1.31. The molecular formula is C26H24FN3O3S. The van der Waals surface area contributed by atoms with E-state index >= 15 is 0 Å². The third kappa shape index (κ3) is 4.59. The van der Waals surface area contributed by atoms with Gasteiger partial charge in [-0.15, -0.1) is 11.3 Å². The monoisotopic (exact) mass is 477 g/mol. The molecule has 5 rings (SSSR count). The highest BCUT2D eigenvalue weighted by molar-refractivity contribution is 7.15. The zero-order valence-electron chi connectivity index (χ0n) is 18.7. The normalized spacial score (nSPS) is 13.2. The van der Waals surface area contributed by atoms with Crippen molar-refractivity contribution < 1.29 is 18.4 Å². The van der Waals surface area contributed by atoms with E-state index < -0.39 is 0 Å². The summed E-state index contributed by atoms with van der Waals surface area (Å²) in [6.07, 6.45) is 3.71. The van der Waals surface area contributed by atoms with Gasteiger partial charge in [-0.3, -0.25) is 9.59 Å². The van der Waals surface area contributed by atoms with Gasteiger partial charge in [0.05, 0.1) is 21.7 Å². The van der Waals surface area contributed by atoms with Gasteiger partial charge in [-0.05, 0) is 49.9 Å². The standard InChI is InChI=1S/C26H24FN3O3S/c1-16-29-23(24(34-16)20-5-2-3-7-21(20)27)26(32)30(15-17-9-10-17)13-12-28-25(31)19-6-4-8-22-18(19)11-14-33-22/h2-8,11,14,17H,9-10,12-13,15H2,1H3,(H,28,31). The molecule has 1 aliphatic carbocycles. The average Bonchev–Trinajstić information content (AvgIpc) is 3.36. The van der Waals surface area contributed by atoms with Crippen LogP contribution in [0.25, 0.3) is 21.4 Å². The summed E-state index contributed by atoms with van der Waals surface area (Å²) in [6.45, 7) is 3.05. The molecule has 4 aromatic rings. The minimum Gasteiger partial charge on any atom is -0.464 e. The number of halogens is 1. The van der Waals surface area contributed by atoms with Crippen molar-refractivity contribution in [3.05, 3.63) is 76.9 Å². The number of hydrogen-bond donors (Lipinski definition) is 1. The number of rotatable bonds is 8. The molecule has 1 N–H and O–H groups in total. The van der Waals surface area contributed by atoms with Crippen LogP contribution in [0.5, 0.6) is 0 Å². The van der Waals surface area contributed by atoms with E-state index in [4.69, 9.17) is 4.42 Å². The van der Waals surface area contributed by atoms with Crippen LogP contribution in [-0.2, 0) is 0 Å². The Morgan fingerprint density at radius 1 is 1.18 bits per heavy atom. The molecule has 0 unspecified atom stereocenters. The molecule has 0 spiro atoms. The SMILES string of the molecule is Cc1nc(C(=O)N(CCNC(=O)c2cccc3occc23)CC2CC2)c(-c2ccccc2F)s1. The van der Waals surface area contributed by atoms with Crippen LogP contribution in [0, 0.1) is 18.7 Å². The summed E-state index contributed by atoms with van der Waals surface area (Å²) in [6, 6.07) is 13.5. The molecule has 2 amide bonds. The van der Waals surface area contributed by atoms with Crippen LogP contribution in [0.1, 0.15) is 38.7 Å². The average molecular weight is 478 g/mol. The zero-order valence-corrected chi connectivity index (χ0v) is 19.5. The van der Waals surface area contributed by atoms with Crippen LogP contribution in [0.4, 0.5) is 4.39 Å². The largest absolute Gasteiger partial charge is 0.464 e. The predicted octanol–water partition coefficient (Wildman–Crippen LogP) is 5.29. The van der Waals surface area contributed by atoms with Crippen molar-refractivity contribution in [1.82, 2.24) is 15.2 Å². The van der Waals surface area contributed by atoms with Crippen molar-refractivity contribution in [3.8, 4) is 10.4 Å². The van der Waals surface area contributed by atoms with E-state index in [0.29, 0.717) is 52.1 Å². The van der Waals surface area contributed by atoms with Gasteiger partial charge in [-0.2, -0.15) is 0 Å². The van der Waals surface area contributed by atoms with Crippen molar-refractivity contribution in [1.29, 1.82) is 0 Å². The van der Waals surface area contributed by atoms with E-state index in [1.807, 2.05) is 13.0 Å². The number of nitrogens with one attached hydrogen (secondary N) is 1. The molecule has 0 aliphatic heterocycles. The van der Waals surface area contributed by atoms with Crippen LogP contribution in [0.15, 0.2) is 59.2 Å². The van der Waals surface area contributed by atoms with E-state index in [1.54, 1.807) is 47.6 Å². The van der Waals surface area contributed by atoms with Crippen molar-refractivity contribution >= 4 is 34.1 Å². The molecule has 0 atom stereocenters. The maximum Gasteiger partial charge on any atom is 0.274 e. The number of hydrogen-bond acceptors (Lipinski definition) is 5. The van der Waals surface area contributed by atoms with E-state index in [-0.39, 0.29) is 23.3 Å². The van der Waals surface area contributed by atoms with Gasteiger partial charge in [0.25, 0.3) is 11.8 Å². The van der Waals surface area contributed by atoms with Crippen LogP contribution < -0.4 is 5.32 Å². The fourth-order valence-electron chi connectivity index (χ4n) is 4.03. The number of aromatic nitrogens is 1. The summed E-state index contributed by atoms with van der Waals surface area (Å²) in [7, 11) is 0. The molecule has 2 aromatic heterocycles. The first-order valence-corrected chi connectivity index (χ1v) is 12.1. The lowest BCUT2D eigenvalue weighted by molar-refractivity contribution is 0.0737. The van der Waals surface area contributed by atoms with Crippen molar-refractivity contribution in [2.45, 2.75) is 19.8 Å². The number of carbonyl (C=O) groups excluding carboxylic acids is 2. The Morgan fingerprint density at radius 3 is 2.79 bits per heavy atom. The molecule has 2 aromatic carbocycles. The quantitative estimate of drug-likeness (QED) is 0.374. The second-order valence-electron chi connectivity index (χ2n) is 8.48. The van der Waals surface area contributed by atoms with E-state index in [2.05, 4.69) is 10.3 Å². The fourth-order valence-corrected chi connectivity index (χ4v) is 4.97. The van der Waals surface area contributed by atoms with Crippen molar-refractivity contribution in [2.24, 2.45) is 5.92 Å². The maximum atomic E-state index is 14.5. The number of nitrogens with zero attached hydrogens (tertiary/aromatic N) is 2. The van der Waals surface area contributed by atoms with Crippen molar-refractivity contribution in [3.63, 3.8) is 0 Å². The summed E-state index contributed by atoms with van der Waals surface area (Å²) in [4.78, 5) is 33.0. The summed E-state index contributed by atoms with van der Waals surface area (Å²) in [5.41, 5.74) is 1.83. The molecule has 1 fully saturated rings. The Hall–Kier alpha value is -3.52. The lowest BCUT2D eigenvalue weighted by Gasteiger charge is -2.22. The molecule has 34 heavy (non-hydrogen) atoms. The Morgan fingerprint density at radius 2 is 2.00 bits per heavy atom. The smallest absolute Gasteiger partial charge is 0.274 e. The highest BCUT2D eigenvalue weighted by atomic mass is 32.1. The molecule has 1 aliphatic rings. The highest BCUT2D eigenvalue weighted by Crippen LogP contribution is 2.34. The Bertz CT molecular complexity index is 1360. The molecule has 8 heteroatoms. The Labute approximate surface area is 200 Å². The summed E-state index contributed by atoms with van der Waals surface area (Å²) in [5, 5.41) is 4.37. The van der Waals surface area contributed by atoms with Gasteiger partial charge in [0.1, 0.15) is 17.1 Å². The van der Waals surface area contributed by atoms with Crippen LogP contribution >= 0.6 is 11.3 Å². The van der Waals surface area contributed by atoms with Gasteiger partial charge < -0.3 is 14.6 Å². The second-order valence-corrected chi connectivity index (χ2v) is 9.68. The number of carbonyl (C=O) groups is 2. The first-order valence-electron chi connectivity index (χ1n) is 11.3. The number of thiazole rings is 1. The van der Waals surface area contributed by atoms with Crippen LogP contribution in [-0.4, -0.2) is 41.3 Å². The van der Waals surface area contributed by atoms with Gasteiger partial charge in [0, 0.05) is 30.6 Å². The number of amides is 2.